The molecule has 0 saturated carbocycles. The molecule has 3 aromatic heterocycles. The molecular weight excluding hydrogens is 490 g/mol. The van der Waals surface area contributed by atoms with Crippen LogP contribution in [0, 0.1) is 11.8 Å². The Hall–Kier alpha value is -4.78. The number of hydrogen-bond acceptors (Lipinski definition) is 7. The van der Waals surface area contributed by atoms with Crippen molar-refractivity contribution in [1.29, 1.82) is 0 Å². The van der Waals surface area contributed by atoms with Crippen molar-refractivity contribution in [3.63, 3.8) is 0 Å². The molecule has 11 nitrogen and oxygen atoms in total. The third kappa shape index (κ3) is 4.59. The van der Waals surface area contributed by atoms with E-state index in [1.54, 1.807) is 0 Å². The number of aliphatic hydroxyl groups is 1. The molecule has 0 fully saturated rings. The normalized spacial score (nSPS) is 16.4. The van der Waals surface area contributed by atoms with Gasteiger partial charge in [-0.05, 0) is 41.0 Å². The van der Waals surface area contributed by atoms with E-state index >= 15 is 0 Å². The van der Waals surface area contributed by atoms with E-state index in [4.69, 9.17) is 0 Å². The number of fused-ring (bicyclic) bond motifs is 2. The van der Waals surface area contributed by atoms with Crippen LogP contribution < -0.4 is 10.6 Å². The van der Waals surface area contributed by atoms with Gasteiger partial charge in [0.2, 0.25) is 5.95 Å². The largest absolute Gasteiger partial charge is 0.478 e. The van der Waals surface area contributed by atoms with Crippen LogP contribution in [-0.4, -0.2) is 53.7 Å². The minimum Gasteiger partial charge on any atom is -0.478 e. The number of hydrogen-bond donors (Lipinski definition) is 4. The first-order valence-electron chi connectivity index (χ1n) is 11.0. The SMILES string of the molecule is O=C(O)c1ccc2c(c1)C[C@@H](O)[C@@H]2NC(=O)c1cc(C(=O)NCc2ccnc(F)c2)nc2c(F)cnn12. The number of nitrogens with zero attached hydrogens (tertiary/aromatic N) is 4. The summed E-state index contributed by atoms with van der Waals surface area (Å²) in [6.45, 7) is -0.0716. The Kier molecular flexibility index (Phi) is 6.05. The third-order valence-corrected chi connectivity index (χ3v) is 5.96. The second kappa shape index (κ2) is 9.35. The molecule has 0 spiro atoms. The summed E-state index contributed by atoms with van der Waals surface area (Å²) in [4.78, 5) is 44.6. The van der Waals surface area contributed by atoms with Gasteiger partial charge in [-0.3, -0.25) is 9.59 Å². The molecule has 188 valence electrons. The molecule has 2 amide bonds. The van der Waals surface area contributed by atoms with Crippen molar-refractivity contribution in [3.8, 4) is 0 Å². The first-order chi connectivity index (χ1) is 17.7. The van der Waals surface area contributed by atoms with Gasteiger partial charge in [0, 0.05) is 25.2 Å². The van der Waals surface area contributed by atoms with E-state index < -0.39 is 41.7 Å². The number of pyridine rings is 1. The molecule has 0 radical (unpaired) electrons. The van der Waals surface area contributed by atoms with Crippen LogP contribution in [0.4, 0.5) is 8.78 Å². The number of carbonyl (C=O) groups is 3. The number of aromatic carboxylic acids is 1. The van der Waals surface area contributed by atoms with Crippen LogP contribution in [0.1, 0.15) is 54.1 Å². The minimum atomic E-state index is -1.12. The summed E-state index contributed by atoms with van der Waals surface area (Å²) in [6, 6.07) is 7.17. The van der Waals surface area contributed by atoms with Crippen LogP contribution in [0.5, 0.6) is 0 Å². The van der Waals surface area contributed by atoms with Crippen molar-refractivity contribution in [1.82, 2.24) is 30.2 Å². The summed E-state index contributed by atoms with van der Waals surface area (Å²) in [5.41, 5.74) is 0.690. The van der Waals surface area contributed by atoms with Gasteiger partial charge in [-0.1, -0.05) is 6.07 Å². The standard InChI is InChI=1S/C24H18F2N6O5/c25-15-10-29-32-17(8-16(30-21(15)32)22(34)28-9-11-3-4-27-19(26)5-11)23(35)31-20-14-2-1-12(24(36)37)6-13(14)7-18(20)33/h1-6,8,10,18,20,33H,7,9H2,(H,28,34)(H,31,35)(H,36,37)/t18-,20-/m1/s1. The van der Waals surface area contributed by atoms with Gasteiger partial charge in [-0.25, -0.2) is 23.7 Å². The lowest BCUT2D eigenvalue weighted by Gasteiger charge is -2.18. The third-order valence-electron chi connectivity index (χ3n) is 5.96. The van der Waals surface area contributed by atoms with Gasteiger partial charge in [0.15, 0.2) is 11.5 Å². The molecule has 1 aliphatic carbocycles. The maximum absolute atomic E-state index is 14.3. The van der Waals surface area contributed by atoms with E-state index in [1.165, 1.54) is 30.5 Å². The highest BCUT2D eigenvalue weighted by atomic mass is 19.1. The molecule has 4 aromatic rings. The maximum atomic E-state index is 14.3. The molecule has 1 aromatic carbocycles. The van der Waals surface area contributed by atoms with Crippen molar-refractivity contribution in [2.75, 3.05) is 0 Å². The number of carbonyl (C=O) groups excluding carboxylic acids is 2. The van der Waals surface area contributed by atoms with Crippen LogP contribution in [0.3, 0.4) is 0 Å². The fourth-order valence-electron chi connectivity index (χ4n) is 4.20. The van der Waals surface area contributed by atoms with Crippen molar-refractivity contribution in [2.45, 2.75) is 25.1 Å². The topological polar surface area (TPSA) is 159 Å². The highest BCUT2D eigenvalue weighted by Gasteiger charge is 2.34. The van der Waals surface area contributed by atoms with Gasteiger partial charge in [-0.15, -0.1) is 0 Å². The Morgan fingerprint density at radius 3 is 2.68 bits per heavy atom. The lowest BCUT2D eigenvalue weighted by molar-refractivity contribution is 0.0696. The molecule has 0 bridgehead atoms. The van der Waals surface area contributed by atoms with Gasteiger partial charge >= 0.3 is 5.97 Å². The van der Waals surface area contributed by atoms with Crippen LogP contribution in [0.2, 0.25) is 0 Å². The molecule has 0 unspecified atom stereocenters. The number of halogens is 2. The summed E-state index contributed by atoms with van der Waals surface area (Å²) in [7, 11) is 0. The van der Waals surface area contributed by atoms with E-state index in [2.05, 4.69) is 25.7 Å². The number of amides is 2. The van der Waals surface area contributed by atoms with Gasteiger partial charge in [0.1, 0.15) is 11.4 Å². The van der Waals surface area contributed by atoms with Crippen LogP contribution in [0.15, 0.2) is 48.8 Å². The zero-order valence-corrected chi connectivity index (χ0v) is 18.9. The molecule has 2 atom stereocenters. The van der Waals surface area contributed by atoms with Crippen LogP contribution in [0.25, 0.3) is 5.65 Å². The van der Waals surface area contributed by atoms with Crippen LogP contribution >= 0.6 is 0 Å². The second-order valence-electron chi connectivity index (χ2n) is 8.37. The number of nitrogens with one attached hydrogen (secondary N) is 2. The number of aliphatic hydroxyl groups excluding tert-OH is 1. The summed E-state index contributed by atoms with van der Waals surface area (Å²) in [5.74, 6) is -4.24. The summed E-state index contributed by atoms with van der Waals surface area (Å²) >= 11 is 0. The highest BCUT2D eigenvalue weighted by molar-refractivity contribution is 5.98. The molecule has 13 heteroatoms. The van der Waals surface area contributed by atoms with Gasteiger partial charge < -0.3 is 20.8 Å². The Bertz CT molecular complexity index is 1570. The monoisotopic (exact) mass is 508 g/mol. The first-order valence-corrected chi connectivity index (χ1v) is 11.0. The molecule has 1 aliphatic rings. The molecule has 0 aliphatic heterocycles. The summed E-state index contributed by atoms with van der Waals surface area (Å²) < 4.78 is 28.6. The summed E-state index contributed by atoms with van der Waals surface area (Å²) in [5, 5.41) is 28.7. The lowest BCUT2D eigenvalue weighted by atomic mass is 10.0. The van der Waals surface area contributed by atoms with E-state index in [0.29, 0.717) is 16.7 Å². The molecule has 4 N–H and O–H groups in total. The van der Waals surface area contributed by atoms with Crippen molar-refractivity contribution in [2.24, 2.45) is 0 Å². The fourth-order valence-corrected chi connectivity index (χ4v) is 4.20. The quantitative estimate of drug-likeness (QED) is 0.285. The number of rotatable bonds is 6. The fraction of sp³-hybridized carbons (Fsp3) is 0.167. The molecule has 37 heavy (non-hydrogen) atoms. The average molecular weight is 508 g/mol. The van der Waals surface area contributed by atoms with Crippen molar-refractivity contribution in [3.05, 3.63) is 94.2 Å². The Morgan fingerprint density at radius 2 is 1.92 bits per heavy atom. The first kappa shape index (κ1) is 23.9. The average Bonchev–Trinajstić information content (AvgIpc) is 3.40. The Labute approximate surface area is 206 Å². The molecule has 3 heterocycles. The van der Waals surface area contributed by atoms with E-state index in [9.17, 15) is 33.4 Å². The maximum Gasteiger partial charge on any atom is 0.335 e. The number of carboxylic acid groups (broad SMARTS) is 1. The number of carboxylic acids is 1. The number of benzene rings is 1. The molecule has 0 saturated heterocycles. The minimum absolute atomic E-state index is 0.0472. The van der Waals surface area contributed by atoms with E-state index in [0.717, 1.165) is 22.8 Å². The van der Waals surface area contributed by atoms with Gasteiger partial charge in [0.25, 0.3) is 11.8 Å². The molecular formula is C24H18F2N6O5. The van der Waals surface area contributed by atoms with Crippen molar-refractivity contribution < 1.29 is 33.4 Å². The predicted octanol–water partition coefficient (Wildman–Crippen LogP) is 1.42. The molecule has 5 rings (SSSR count). The number of aromatic nitrogens is 4. The Balaban J connectivity index is 1.42. The van der Waals surface area contributed by atoms with Crippen molar-refractivity contribution >= 4 is 23.4 Å². The highest BCUT2D eigenvalue weighted by Crippen LogP contribution is 2.32. The van der Waals surface area contributed by atoms with E-state index in [1.807, 2.05) is 0 Å². The predicted molar refractivity (Wildman–Crippen MR) is 122 cm³/mol. The van der Waals surface area contributed by atoms with Gasteiger partial charge in [-0.2, -0.15) is 9.49 Å². The Morgan fingerprint density at radius 1 is 1.11 bits per heavy atom. The van der Waals surface area contributed by atoms with E-state index in [-0.39, 0.29) is 35.6 Å². The van der Waals surface area contributed by atoms with Crippen LogP contribution in [-0.2, 0) is 13.0 Å². The summed E-state index contributed by atoms with van der Waals surface area (Å²) in [6.07, 6.45) is 1.15. The van der Waals surface area contributed by atoms with Gasteiger partial charge in [0.05, 0.1) is 23.9 Å². The second-order valence-corrected chi connectivity index (χ2v) is 8.37. The zero-order chi connectivity index (χ0) is 26.3. The smallest absolute Gasteiger partial charge is 0.335 e. The zero-order valence-electron chi connectivity index (χ0n) is 18.9. The lowest BCUT2D eigenvalue weighted by Crippen LogP contribution is -2.35.